The summed E-state index contributed by atoms with van der Waals surface area (Å²) in [6, 6.07) is 5.30. The Hall–Kier alpha value is -0.680. The van der Waals surface area contributed by atoms with Gasteiger partial charge in [-0.15, -0.1) is 11.3 Å². The molecule has 1 nitrogen and oxygen atoms in total. The van der Waals surface area contributed by atoms with Crippen molar-refractivity contribution in [1.82, 2.24) is 5.32 Å². The predicted molar refractivity (Wildman–Crippen MR) is 80.8 cm³/mol. The van der Waals surface area contributed by atoms with Crippen LogP contribution in [-0.4, -0.2) is 6.54 Å². The van der Waals surface area contributed by atoms with Gasteiger partial charge in [0.1, 0.15) is 0 Å². The van der Waals surface area contributed by atoms with E-state index in [1.54, 1.807) is 12.1 Å². The second-order valence-corrected chi connectivity index (χ2v) is 6.60. The first-order valence-corrected chi connectivity index (χ1v) is 7.73. The average molecular weight is 336 g/mol. The fraction of sp³-hybridized carbons (Fsp3) is 0.286. The molecule has 0 saturated carbocycles. The molecule has 2 rings (SSSR count). The highest BCUT2D eigenvalue weighted by Crippen LogP contribution is 2.38. The van der Waals surface area contributed by atoms with E-state index in [0.717, 1.165) is 12.5 Å². The molecule has 0 bridgehead atoms. The van der Waals surface area contributed by atoms with E-state index in [1.807, 2.05) is 6.92 Å². The Bertz CT molecular complexity index is 601. The number of nitrogens with one attached hydrogen (secondary N) is 1. The van der Waals surface area contributed by atoms with Crippen LogP contribution < -0.4 is 5.32 Å². The van der Waals surface area contributed by atoms with Gasteiger partial charge in [0.25, 0.3) is 0 Å². The summed E-state index contributed by atoms with van der Waals surface area (Å²) in [5, 5.41) is 3.18. The van der Waals surface area contributed by atoms with E-state index in [-0.39, 0.29) is 5.56 Å². The Morgan fingerprint density at radius 3 is 2.60 bits per heavy atom. The third kappa shape index (κ3) is 3.31. The second-order valence-electron chi connectivity index (χ2n) is 4.31. The Morgan fingerprint density at radius 2 is 2.00 bits per heavy atom. The van der Waals surface area contributed by atoms with Gasteiger partial charge in [0.15, 0.2) is 11.6 Å². The molecule has 0 radical (unpaired) electrons. The summed E-state index contributed by atoms with van der Waals surface area (Å²) in [7, 11) is 0. The second kappa shape index (κ2) is 6.85. The van der Waals surface area contributed by atoms with Gasteiger partial charge in [0.2, 0.25) is 0 Å². The minimum absolute atomic E-state index is 0.231. The van der Waals surface area contributed by atoms with Crippen LogP contribution in [0.2, 0.25) is 8.67 Å². The lowest BCUT2D eigenvalue weighted by atomic mass is 10.0. The van der Waals surface area contributed by atoms with Crippen LogP contribution >= 0.6 is 34.5 Å². The highest BCUT2D eigenvalue weighted by molar-refractivity contribution is 7.20. The SMILES string of the molecule is CCCNC(c1cc(Cl)sc1Cl)c1cccc(F)c1F. The highest BCUT2D eigenvalue weighted by Gasteiger charge is 2.23. The van der Waals surface area contributed by atoms with Crippen molar-refractivity contribution in [1.29, 1.82) is 0 Å². The summed E-state index contributed by atoms with van der Waals surface area (Å²) in [5.41, 5.74) is 0.898. The van der Waals surface area contributed by atoms with Gasteiger partial charge < -0.3 is 5.32 Å². The van der Waals surface area contributed by atoms with Gasteiger partial charge in [-0.2, -0.15) is 0 Å². The molecule has 0 amide bonds. The monoisotopic (exact) mass is 335 g/mol. The maximum Gasteiger partial charge on any atom is 0.163 e. The van der Waals surface area contributed by atoms with Gasteiger partial charge in [-0.05, 0) is 25.1 Å². The number of benzene rings is 1. The van der Waals surface area contributed by atoms with Crippen molar-refractivity contribution < 1.29 is 8.78 Å². The molecular formula is C14H13Cl2F2NS. The van der Waals surface area contributed by atoms with E-state index in [2.05, 4.69) is 5.32 Å². The number of hydrogen-bond acceptors (Lipinski definition) is 2. The number of rotatable bonds is 5. The van der Waals surface area contributed by atoms with Crippen LogP contribution in [0, 0.1) is 11.6 Å². The van der Waals surface area contributed by atoms with Crippen molar-refractivity contribution in [3.8, 4) is 0 Å². The molecule has 6 heteroatoms. The summed E-state index contributed by atoms with van der Waals surface area (Å²) in [6.45, 7) is 2.65. The third-order valence-corrected chi connectivity index (χ3v) is 4.40. The van der Waals surface area contributed by atoms with Crippen molar-refractivity contribution >= 4 is 34.5 Å². The van der Waals surface area contributed by atoms with Crippen LogP contribution in [0.3, 0.4) is 0 Å². The zero-order valence-electron chi connectivity index (χ0n) is 10.7. The Kier molecular flexibility index (Phi) is 5.38. The summed E-state index contributed by atoms with van der Waals surface area (Å²) in [5.74, 6) is -1.73. The molecule has 1 aromatic heterocycles. The van der Waals surface area contributed by atoms with Crippen LogP contribution in [0.4, 0.5) is 8.78 Å². The maximum atomic E-state index is 14.0. The van der Waals surface area contributed by atoms with E-state index in [1.165, 1.54) is 17.4 Å². The highest BCUT2D eigenvalue weighted by atomic mass is 35.5. The minimum Gasteiger partial charge on any atom is -0.306 e. The first-order chi connectivity index (χ1) is 9.54. The van der Waals surface area contributed by atoms with Crippen LogP contribution in [0.25, 0.3) is 0 Å². The normalized spacial score (nSPS) is 12.7. The average Bonchev–Trinajstić information content (AvgIpc) is 2.74. The summed E-state index contributed by atoms with van der Waals surface area (Å²) >= 11 is 13.3. The van der Waals surface area contributed by atoms with Crippen molar-refractivity contribution in [2.45, 2.75) is 19.4 Å². The first kappa shape index (κ1) is 15.7. The van der Waals surface area contributed by atoms with Gasteiger partial charge in [0, 0.05) is 11.1 Å². The Labute approximate surface area is 130 Å². The lowest BCUT2D eigenvalue weighted by molar-refractivity contribution is 0.480. The molecule has 0 aliphatic heterocycles. The quantitative estimate of drug-likeness (QED) is 0.768. The molecule has 0 aliphatic carbocycles. The molecule has 1 unspecified atom stereocenters. The smallest absolute Gasteiger partial charge is 0.163 e. The van der Waals surface area contributed by atoms with Gasteiger partial charge >= 0.3 is 0 Å². The van der Waals surface area contributed by atoms with E-state index < -0.39 is 17.7 Å². The maximum absolute atomic E-state index is 14.0. The van der Waals surface area contributed by atoms with Crippen LogP contribution in [0.15, 0.2) is 24.3 Å². The van der Waals surface area contributed by atoms with Crippen LogP contribution in [-0.2, 0) is 0 Å². The molecule has 0 saturated heterocycles. The Morgan fingerprint density at radius 1 is 1.25 bits per heavy atom. The molecule has 1 aromatic carbocycles. The van der Waals surface area contributed by atoms with Gasteiger partial charge in [-0.25, -0.2) is 8.78 Å². The van der Waals surface area contributed by atoms with Gasteiger partial charge in [0.05, 0.1) is 14.7 Å². The molecular weight excluding hydrogens is 323 g/mol. The molecule has 1 N–H and O–H groups in total. The van der Waals surface area contributed by atoms with E-state index >= 15 is 0 Å². The van der Waals surface area contributed by atoms with E-state index in [0.29, 0.717) is 20.8 Å². The molecule has 108 valence electrons. The summed E-state index contributed by atoms with van der Waals surface area (Å²) < 4.78 is 28.4. The molecule has 0 spiro atoms. The van der Waals surface area contributed by atoms with E-state index in [4.69, 9.17) is 23.2 Å². The first-order valence-electron chi connectivity index (χ1n) is 6.16. The third-order valence-electron chi connectivity index (χ3n) is 2.88. The van der Waals surface area contributed by atoms with Crippen LogP contribution in [0.5, 0.6) is 0 Å². The summed E-state index contributed by atoms with van der Waals surface area (Å²) in [6.07, 6.45) is 0.864. The van der Waals surface area contributed by atoms with Gasteiger partial charge in [-0.1, -0.05) is 42.3 Å². The lowest BCUT2D eigenvalue weighted by Gasteiger charge is -2.19. The van der Waals surface area contributed by atoms with Crippen molar-refractivity contribution in [3.63, 3.8) is 0 Å². The molecule has 2 aromatic rings. The summed E-state index contributed by atoms with van der Waals surface area (Å²) in [4.78, 5) is 0. The number of halogens is 4. The number of thiophene rings is 1. The molecule has 0 aliphatic rings. The van der Waals surface area contributed by atoms with E-state index in [9.17, 15) is 8.78 Å². The molecule has 1 heterocycles. The number of hydrogen-bond donors (Lipinski definition) is 1. The van der Waals surface area contributed by atoms with Crippen molar-refractivity contribution in [2.24, 2.45) is 0 Å². The standard InChI is InChI=1S/C14H13Cl2F2NS/c1-2-6-19-13(9-7-11(15)20-14(9)16)8-4-3-5-10(17)12(8)18/h3-5,7,13,19H,2,6H2,1H3. The van der Waals surface area contributed by atoms with Crippen molar-refractivity contribution in [3.05, 3.63) is 55.7 Å². The molecule has 1 atom stereocenters. The minimum atomic E-state index is -0.872. The lowest BCUT2D eigenvalue weighted by Crippen LogP contribution is -2.24. The van der Waals surface area contributed by atoms with Crippen molar-refractivity contribution in [2.75, 3.05) is 6.54 Å². The van der Waals surface area contributed by atoms with Gasteiger partial charge in [-0.3, -0.25) is 0 Å². The Balaban J connectivity index is 2.47. The predicted octanol–water partition coefficient (Wildman–Crippen LogP) is 5.42. The zero-order valence-corrected chi connectivity index (χ0v) is 13.0. The topological polar surface area (TPSA) is 12.0 Å². The fourth-order valence-corrected chi connectivity index (χ4v) is 3.50. The molecule has 20 heavy (non-hydrogen) atoms. The largest absolute Gasteiger partial charge is 0.306 e. The zero-order chi connectivity index (χ0) is 14.7. The molecule has 0 fully saturated rings. The fourth-order valence-electron chi connectivity index (χ4n) is 1.97. The van der Waals surface area contributed by atoms with Crippen LogP contribution in [0.1, 0.15) is 30.5 Å².